The van der Waals surface area contributed by atoms with Gasteiger partial charge in [-0.1, -0.05) is 25.7 Å². The fourth-order valence-corrected chi connectivity index (χ4v) is 8.14. The molecule has 0 heterocycles. The number of unbranched alkanes of at least 4 members (excludes halogenated alkanes) is 6. The van der Waals surface area contributed by atoms with Gasteiger partial charge in [0, 0.05) is 101 Å². The summed E-state index contributed by atoms with van der Waals surface area (Å²) in [6.45, 7) is 4.31. The first-order chi connectivity index (χ1) is 22.6. The quantitative estimate of drug-likeness (QED) is 0.0597. The van der Waals surface area contributed by atoms with Crippen LogP contribution >= 0.6 is 0 Å². The molecule has 0 radical (unpaired) electrons. The van der Waals surface area contributed by atoms with Crippen molar-refractivity contribution in [3.8, 4) is 0 Å². The number of rotatable bonds is 28. The second kappa shape index (κ2) is 27.6. The fraction of sp³-hybridized carbons (Fsp3) is 0.862. The van der Waals surface area contributed by atoms with Crippen LogP contribution in [-0.4, -0.2) is 128 Å². The van der Waals surface area contributed by atoms with Crippen molar-refractivity contribution in [1.29, 1.82) is 0 Å². The Morgan fingerprint density at radius 1 is 0.468 bits per heavy atom. The molecule has 0 bridgehead atoms. The van der Waals surface area contributed by atoms with Gasteiger partial charge >= 0.3 is 35.7 Å². The second-order valence-electron chi connectivity index (χ2n) is 10.9. The average molecular weight is 711 g/mol. The number of urea groups is 3. The van der Waals surface area contributed by atoms with Crippen molar-refractivity contribution in [3.05, 3.63) is 0 Å². The maximum Gasteiger partial charge on any atom is 0.500 e. The summed E-state index contributed by atoms with van der Waals surface area (Å²) in [6, 6.07) is 0.408. The zero-order valence-corrected chi connectivity index (χ0v) is 31.8. The van der Waals surface area contributed by atoms with Crippen LogP contribution in [0.3, 0.4) is 0 Å². The van der Waals surface area contributed by atoms with Crippen LogP contribution < -0.4 is 26.6 Å². The molecule has 0 aromatic carbocycles. The highest BCUT2D eigenvalue weighted by Crippen LogP contribution is 2.15. The maximum absolute atomic E-state index is 12.5. The number of nitrogens with one attached hydrogen (secondary N) is 5. The summed E-state index contributed by atoms with van der Waals surface area (Å²) >= 11 is 0. The van der Waals surface area contributed by atoms with Crippen molar-refractivity contribution in [1.82, 2.24) is 31.5 Å². The van der Waals surface area contributed by atoms with Gasteiger partial charge in [0.25, 0.3) is 0 Å². The predicted octanol–water partition coefficient (Wildman–Crippen LogP) is 2.80. The Morgan fingerprint density at radius 2 is 0.787 bits per heavy atom. The molecular weight excluding hydrogens is 649 g/mol. The lowest BCUT2D eigenvalue weighted by atomic mass is 10.2. The van der Waals surface area contributed by atoms with Gasteiger partial charge in [-0.25, -0.2) is 14.4 Å². The molecule has 0 aliphatic carbocycles. The molecule has 16 nitrogen and oxygen atoms in total. The minimum Gasteiger partial charge on any atom is -0.377 e. The standard InChI is InChI=1S/C29H62N6O10Si2/c1-26(36)35(23-15-11-10-13-19-31-28(38)33-22-17-25-47(43-5,44-6)45-7)29(39)34-20-14-9-8-12-18-30-27(37)32-21-16-24-46(40-2,41-3)42-4/h8-25H2,1-7H3,(H,34,39)(H2,30,32,37)(H2,31,33,38). The molecule has 0 saturated heterocycles. The van der Waals surface area contributed by atoms with E-state index in [9.17, 15) is 19.2 Å². The van der Waals surface area contributed by atoms with E-state index in [1.165, 1.54) is 11.8 Å². The normalized spacial score (nSPS) is 11.6. The van der Waals surface area contributed by atoms with Crippen molar-refractivity contribution in [2.45, 2.75) is 83.2 Å². The van der Waals surface area contributed by atoms with E-state index in [-0.39, 0.29) is 24.0 Å². The molecule has 0 spiro atoms. The number of carbonyl (C=O) groups is 4. The molecule has 0 saturated carbocycles. The first kappa shape index (κ1) is 44.7. The highest BCUT2D eigenvalue weighted by molar-refractivity contribution is 6.60. The van der Waals surface area contributed by atoms with Gasteiger partial charge in [0.05, 0.1) is 0 Å². The number of hydrogen-bond donors (Lipinski definition) is 5. The van der Waals surface area contributed by atoms with Crippen LogP contribution in [0.2, 0.25) is 12.1 Å². The molecule has 18 heteroatoms. The minimum atomic E-state index is -2.62. The maximum atomic E-state index is 12.5. The van der Waals surface area contributed by atoms with E-state index < -0.39 is 17.6 Å². The summed E-state index contributed by atoms with van der Waals surface area (Å²) in [5.74, 6) is -0.288. The molecule has 5 N–H and O–H groups in total. The van der Waals surface area contributed by atoms with E-state index in [2.05, 4.69) is 26.6 Å². The van der Waals surface area contributed by atoms with Gasteiger partial charge in [-0.15, -0.1) is 0 Å². The number of nitrogens with zero attached hydrogens (tertiary/aromatic N) is 1. The Labute approximate surface area is 283 Å². The van der Waals surface area contributed by atoms with Crippen molar-refractivity contribution in [3.63, 3.8) is 0 Å². The Balaban J connectivity index is 3.88. The van der Waals surface area contributed by atoms with E-state index in [4.69, 9.17) is 26.6 Å². The van der Waals surface area contributed by atoms with Crippen LogP contribution in [0.4, 0.5) is 14.4 Å². The summed E-state index contributed by atoms with van der Waals surface area (Å²) in [5, 5.41) is 14.1. The Morgan fingerprint density at radius 3 is 1.13 bits per heavy atom. The molecule has 0 aromatic rings. The van der Waals surface area contributed by atoms with Gasteiger partial charge in [0.1, 0.15) is 0 Å². The third-order valence-corrected chi connectivity index (χ3v) is 13.3. The lowest BCUT2D eigenvalue weighted by Crippen LogP contribution is -2.44. The van der Waals surface area contributed by atoms with Gasteiger partial charge < -0.3 is 53.1 Å². The van der Waals surface area contributed by atoms with Crippen molar-refractivity contribution < 1.29 is 45.7 Å². The molecule has 0 fully saturated rings. The Hall–Kier alpha value is -2.33. The summed E-state index contributed by atoms with van der Waals surface area (Å²) in [6.07, 6.45) is 7.98. The highest BCUT2D eigenvalue weighted by Gasteiger charge is 2.37. The van der Waals surface area contributed by atoms with E-state index in [0.29, 0.717) is 70.6 Å². The number of amides is 7. The highest BCUT2D eigenvalue weighted by atomic mass is 28.4. The largest absolute Gasteiger partial charge is 0.500 e. The van der Waals surface area contributed by atoms with E-state index >= 15 is 0 Å². The number of carbonyl (C=O) groups excluding carboxylic acids is 4. The SMILES string of the molecule is CO[Si](CCCNC(=O)NCCCCCCNC(=O)N(CCCCCCNC(=O)NCCC[Si](OC)(OC)OC)C(C)=O)(OC)OC. The molecule has 7 amide bonds. The van der Waals surface area contributed by atoms with Crippen LogP contribution in [-0.2, 0) is 31.4 Å². The van der Waals surface area contributed by atoms with Gasteiger partial charge in [-0.2, -0.15) is 0 Å². The molecule has 0 aliphatic rings. The van der Waals surface area contributed by atoms with Crippen LogP contribution in [0, 0.1) is 0 Å². The summed E-state index contributed by atoms with van der Waals surface area (Å²) in [4.78, 5) is 49.7. The predicted molar refractivity (Wildman–Crippen MR) is 183 cm³/mol. The van der Waals surface area contributed by atoms with Gasteiger partial charge in [0.15, 0.2) is 0 Å². The average Bonchev–Trinajstić information content (AvgIpc) is 3.07. The van der Waals surface area contributed by atoms with Crippen molar-refractivity contribution in [2.24, 2.45) is 0 Å². The first-order valence-electron chi connectivity index (χ1n) is 16.5. The van der Waals surface area contributed by atoms with Crippen molar-refractivity contribution >= 4 is 41.6 Å². The lowest BCUT2D eigenvalue weighted by molar-refractivity contribution is -0.126. The topological polar surface area (TPSA) is 187 Å². The van der Waals surface area contributed by atoms with Crippen LogP contribution in [0.15, 0.2) is 0 Å². The molecule has 0 aromatic heterocycles. The Bertz CT molecular complexity index is 853. The molecule has 0 unspecified atom stereocenters. The summed E-state index contributed by atoms with van der Waals surface area (Å²) < 4.78 is 32.2. The van der Waals surface area contributed by atoms with Crippen LogP contribution in [0.25, 0.3) is 0 Å². The number of hydrogen-bond acceptors (Lipinski definition) is 10. The first-order valence-corrected chi connectivity index (χ1v) is 20.3. The van der Waals surface area contributed by atoms with Crippen molar-refractivity contribution in [2.75, 3.05) is 81.9 Å². The molecule has 0 aliphatic heterocycles. The van der Waals surface area contributed by atoms with Crippen LogP contribution in [0.1, 0.15) is 71.1 Å². The van der Waals surface area contributed by atoms with Gasteiger partial charge in [-0.05, 0) is 38.5 Å². The van der Waals surface area contributed by atoms with Gasteiger partial charge in [-0.3, -0.25) is 9.69 Å². The summed E-state index contributed by atoms with van der Waals surface area (Å²) in [7, 11) is 4.14. The smallest absolute Gasteiger partial charge is 0.377 e. The Kier molecular flexibility index (Phi) is 26.2. The zero-order valence-electron chi connectivity index (χ0n) is 29.8. The molecular formula is C29H62N6O10Si2. The second-order valence-corrected chi connectivity index (χ2v) is 17.1. The molecule has 276 valence electrons. The van der Waals surface area contributed by atoms with E-state index in [1.807, 2.05) is 0 Å². The monoisotopic (exact) mass is 710 g/mol. The van der Waals surface area contributed by atoms with E-state index in [1.54, 1.807) is 42.7 Å². The lowest BCUT2D eigenvalue weighted by Gasteiger charge is -2.24. The molecule has 0 atom stereocenters. The number of imide groups is 1. The van der Waals surface area contributed by atoms with Gasteiger partial charge in [0.2, 0.25) is 5.91 Å². The van der Waals surface area contributed by atoms with Crippen LogP contribution in [0.5, 0.6) is 0 Å². The summed E-state index contributed by atoms with van der Waals surface area (Å²) in [5.41, 5.74) is 0. The molecule has 47 heavy (non-hydrogen) atoms. The third-order valence-electron chi connectivity index (χ3n) is 7.64. The van der Waals surface area contributed by atoms with E-state index in [0.717, 1.165) is 44.9 Å². The fourth-order valence-electron chi connectivity index (χ4n) is 4.70. The third kappa shape index (κ3) is 20.6. The zero-order chi connectivity index (χ0) is 35.4. The molecule has 0 rings (SSSR count). The minimum absolute atomic E-state index is 0.214.